The van der Waals surface area contributed by atoms with E-state index in [9.17, 15) is 4.79 Å². The number of fused-ring (bicyclic) bond motifs is 1. The summed E-state index contributed by atoms with van der Waals surface area (Å²) in [6, 6.07) is 8.02. The summed E-state index contributed by atoms with van der Waals surface area (Å²) in [7, 11) is 0. The van der Waals surface area contributed by atoms with Crippen LogP contribution in [0.5, 0.6) is 0 Å². The lowest BCUT2D eigenvalue weighted by Gasteiger charge is -2.12. The van der Waals surface area contributed by atoms with E-state index >= 15 is 0 Å². The third-order valence-electron chi connectivity index (χ3n) is 2.73. The van der Waals surface area contributed by atoms with Crippen molar-refractivity contribution in [1.29, 1.82) is 0 Å². The van der Waals surface area contributed by atoms with Crippen LogP contribution in [0.2, 0.25) is 0 Å². The predicted octanol–water partition coefficient (Wildman–Crippen LogP) is 2.46. The number of hydrogen-bond acceptors (Lipinski definition) is 2. The maximum atomic E-state index is 10.5. The highest BCUT2D eigenvalue weighted by Gasteiger charge is 2.10. The number of nitrogens with zero attached hydrogens (tertiary/aromatic N) is 2. The molecular weight excluding hydrogens is 204 g/mol. The number of hydrogen-bond donors (Lipinski definition) is 1. The van der Waals surface area contributed by atoms with Crippen molar-refractivity contribution >= 4 is 17.0 Å². The van der Waals surface area contributed by atoms with Crippen molar-refractivity contribution in [3.63, 3.8) is 0 Å². The molecule has 0 aliphatic heterocycles. The van der Waals surface area contributed by atoms with Crippen LogP contribution in [0.3, 0.4) is 0 Å². The summed E-state index contributed by atoms with van der Waals surface area (Å²) in [6.07, 6.45) is 2.58. The van der Waals surface area contributed by atoms with Gasteiger partial charge >= 0.3 is 5.97 Å². The van der Waals surface area contributed by atoms with Gasteiger partial charge in [-0.15, -0.1) is 0 Å². The Balaban J connectivity index is 2.22. The molecule has 0 fully saturated rings. The summed E-state index contributed by atoms with van der Waals surface area (Å²) in [5.74, 6) is -0.753. The lowest BCUT2D eigenvalue weighted by Crippen LogP contribution is -2.06. The molecule has 2 rings (SSSR count). The molecule has 0 aliphatic rings. The maximum Gasteiger partial charge on any atom is 0.303 e. The minimum atomic E-state index is -0.753. The van der Waals surface area contributed by atoms with Crippen LogP contribution in [0.25, 0.3) is 11.0 Å². The number of aliphatic carboxylic acids is 1. The van der Waals surface area contributed by atoms with Gasteiger partial charge in [-0.1, -0.05) is 12.1 Å². The lowest BCUT2D eigenvalue weighted by molar-refractivity contribution is -0.137. The van der Waals surface area contributed by atoms with Crippen LogP contribution >= 0.6 is 0 Å². The van der Waals surface area contributed by atoms with Crippen LogP contribution in [0.15, 0.2) is 30.6 Å². The van der Waals surface area contributed by atoms with Gasteiger partial charge in [-0.05, 0) is 25.5 Å². The van der Waals surface area contributed by atoms with Crippen molar-refractivity contribution in [2.24, 2.45) is 0 Å². The molecule has 1 unspecified atom stereocenters. The minimum Gasteiger partial charge on any atom is -0.481 e. The number of rotatable bonds is 4. The van der Waals surface area contributed by atoms with E-state index in [1.807, 2.05) is 35.8 Å². The Hall–Kier alpha value is -1.84. The standard InChI is InChI=1S/C12H14N2O2/c1-9(6-7-12(15)16)14-8-13-10-4-2-3-5-11(10)14/h2-5,8-9H,6-7H2,1H3,(H,15,16). The van der Waals surface area contributed by atoms with E-state index in [1.165, 1.54) is 0 Å². The van der Waals surface area contributed by atoms with E-state index in [0.29, 0.717) is 6.42 Å². The zero-order valence-corrected chi connectivity index (χ0v) is 9.13. The number of benzene rings is 1. The van der Waals surface area contributed by atoms with Crippen LogP contribution in [0.1, 0.15) is 25.8 Å². The second-order valence-corrected chi connectivity index (χ2v) is 3.92. The number of carbonyl (C=O) groups is 1. The van der Waals surface area contributed by atoms with E-state index in [-0.39, 0.29) is 12.5 Å². The highest BCUT2D eigenvalue weighted by Crippen LogP contribution is 2.20. The zero-order valence-electron chi connectivity index (χ0n) is 9.13. The van der Waals surface area contributed by atoms with E-state index in [4.69, 9.17) is 5.11 Å². The van der Waals surface area contributed by atoms with Crippen molar-refractivity contribution in [2.75, 3.05) is 0 Å². The lowest BCUT2D eigenvalue weighted by atomic mass is 10.2. The average Bonchev–Trinajstić information content (AvgIpc) is 2.69. The molecule has 1 aromatic carbocycles. The summed E-state index contributed by atoms with van der Waals surface area (Å²) < 4.78 is 2.03. The fraction of sp³-hybridized carbons (Fsp3) is 0.333. The number of para-hydroxylation sites is 2. The summed E-state index contributed by atoms with van der Waals surface area (Å²) in [5, 5.41) is 8.65. The summed E-state index contributed by atoms with van der Waals surface area (Å²) in [4.78, 5) is 14.8. The molecular formula is C12H14N2O2. The normalized spacial score (nSPS) is 12.8. The minimum absolute atomic E-state index is 0.156. The van der Waals surface area contributed by atoms with Gasteiger partial charge in [0.2, 0.25) is 0 Å². The summed E-state index contributed by atoms with van der Waals surface area (Å²) in [6.45, 7) is 2.01. The number of imidazole rings is 1. The molecule has 0 bridgehead atoms. The Bertz CT molecular complexity index is 504. The van der Waals surface area contributed by atoms with Crippen LogP contribution < -0.4 is 0 Å². The van der Waals surface area contributed by atoms with Gasteiger partial charge in [-0.2, -0.15) is 0 Å². The third-order valence-corrected chi connectivity index (χ3v) is 2.73. The zero-order chi connectivity index (χ0) is 11.5. The Kier molecular flexibility index (Phi) is 2.90. The second-order valence-electron chi connectivity index (χ2n) is 3.92. The predicted molar refractivity (Wildman–Crippen MR) is 61.3 cm³/mol. The van der Waals surface area contributed by atoms with Crippen molar-refractivity contribution in [3.8, 4) is 0 Å². The van der Waals surface area contributed by atoms with Gasteiger partial charge in [0.15, 0.2) is 0 Å². The molecule has 0 radical (unpaired) electrons. The largest absolute Gasteiger partial charge is 0.481 e. The molecule has 2 aromatic rings. The van der Waals surface area contributed by atoms with Crippen molar-refractivity contribution < 1.29 is 9.90 Å². The molecule has 1 heterocycles. The average molecular weight is 218 g/mol. The number of aromatic nitrogens is 2. The monoisotopic (exact) mass is 218 g/mol. The van der Waals surface area contributed by atoms with Gasteiger partial charge in [0.05, 0.1) is 17.4 Å². The smallest absolute Gasteiger partial charge is 0.303 e. The quantitative estimate of drug-likeness (QED) is 0.857. The van der Waals surface area contributed by atoms with E-state index in [0.717, 1.165) is 11.0 Å². The summed E-state index contributed by atoms with van der Waals surface area (Å²) >= 11 is 0. The molecule has 1 atom stereocenters. The molecule has 0 aliphatic carbocycles. The van der Waals surface area contributed by atoms with E-state index < -0.39 is 5.97 Å². The SMILES string of the molecule is CC(CCC(=O)O)n1cnc2ccccc21. The van der Waals surface area contributed by atoms with Crippen LogP contribution in [-0.4, -0.2) is 20.6 Å². The first-order valence-corrected chi connectivity index (χ1v) is 5.32. The van der Waals surface area contributed by atoms with Crippen LogP contribution in [0.4, 0.5) is 0 Å². The molecule has 4 nitrogen and oxygen atoms in total. The first kappa shape index (κ1) is 10.7. The Labute approximate surface area is 93.5 Å². The van der Waals surface area contributed by atoms with Crippen LogP contribution in [-0.2, 0) is 4.79 Å². The Morgan fingerprint density at radius 1 is 1.50 bits per heavy atom. The van der Waals surface area contributed by atoms with Gasteiger partial charge in [0.25, 0.3) is 0 Å². The molecule has 16 heavy (non-hydrogen) atoms. The molecule has 1 aromatic heterocycles. The molecule has 0 amide bonds. The topological polar surface area (TPSA) is 55.1 Å². The van der Waals surface area contributed by atoms with Crippen molar-refractivity contribution in [3.05, 3.63) is 30.6 Å². The van der Waals surface area contributed by atoms with Gasteiger partial charge in [0, 0.05) is 12.5 Å². The number of carboxylic acids is 1. The highest BCUT2D eigenvalue weighted by molar-refractivity contribution is 5.75. The Morgan fingerprint density at radius 2 is 2.25 bits per heavy atom. The van der Waals surface area contributed by atoms with Gasteiger partial charge < -0.3 is 9.67 Å². The fourth-order valence-electron chi connectivity index (χ4n) is 1.80. The van der Waals surface area contributed by atoms with Gasteiger partial charge in [-0.3, -0.25) is 4.79 Å². The first-order valence-electron chi connectivity index (χ1n) is 5.32. The van der Waals surface area contributed by atoms with E-state index in [2.05, 4.69) is 4.98 Å². The number of carboxylic acid groups (broad SMARTS) is 1. The van der Waals surface area contributed by atoms with E-state index in [1.54, 1.807) is 6.33 Å². The maximum absolute atomic E-state index is 10.5. The van der Waals surface area contributed by atoms with Crippen LogP contribution in [0, 0.1) is 0 Å². The van der Waals surface area contributed by atoms with Gasteiger partial charge in [-0.25, -0.2) is 4.98 Å². The molecule has 0 saturated heterocycles. The highest BCUT2D eigenvalue weighted by atomic mass is 16.4. The molecule has 0 saturated carbocycles. The molecule has 84 valence electrons. The fourth-order valence-corrected chi connectivity index (χ4v) is 1.80. The second kappa shape index (κ2) is 4.35. The third kappa shape index (κ3) is 2.05. The first-order chi connectivity index (χ1) is 7.68. The molecule has 1 N–H and O–H groups in total. The van der Waals surface area contributed by atoms with Crippen molar-refractivity contribution in [1.82, 2.24) is 9.55 Å². The van der Waals surface area contributed by atoms with Gasteiger partial charge in [0.1, 0.15) is 0 Å². The molecule has 4 heteroatoms. The van der Waals surface area contributed by atoms with Crippen molar-refractivity contribution in [2.45, 2.75) is 25.8 Å². The Morgan fingerprint density at radius 3 is 3.00 bits per heavy atom. The summed E-state index contributed by atoms with van der Waals surface area (Å²) in [5.41, 5.74) is 2.00. The molecule has 0 spiro atoms.